The molecule has 0 aliphatic carbocycles. The Bertz CT molecular complexity index is 1070. The van der Waals surface area contributed by atoms with Crippen LogP contribution in [0.3, 0.4) is 0 Å². The third kappa shape index (κ3) is 4.58. The fraction of sp³-hybridized carbons (Fsp3) is 0. The van der Waals surface area contributed by atoms with Crippen LogP contribution in [-0.2, 0) is 9.84 Å². The van der Waals surface area contributed by atoms with E-state index in [-0.39, 0.29) is 0 Å². The summed E-state index contributed by atoms with van der Waals surface area (Å²) < 4.78 is 24.1. The first kappa shape index (κ1) is 19.8. The van der Waals surface area contributed by atoms with Gasteiger partial charge in [0.05, 0.1) is 9.79 Å². The van der Waals surface area contributed by atoms with E-state index < -0.39 is 9.84 Å². The monoisotopic (exact) mass is 434 g/mol. The molecule has 0 unspecified atom stereocenters. The zero-order chi connectivity index (χ0) is 20.1. The summed E-state index contributed by atoms with van der Waals surface area (Å²) in [5.41, 5.74) is 0. The highest BCUT2D eigenvalue weighted by Gasteiger charge is 2.16. The lowest BCUT2D eigenvalue weighted by Crippen LogP contribution is -2.00. The number of hydrogen-bond acceptors (Lipinski definition) is 4. The van der Waals surface area contributed by atoms with Crippen molar-refractivity contribution in [2.24, 2.45) is 0 Å². The van der Waals surface area contributed by atoms with Gasteiger partial charge in [-0.2, -0.15) is 0 Å². The Labute approximate surface area is 179 Å². The molecule has 0 fully saturated rings. The number of sulfone groups is 1. The van der Waals surface area contributed by atoms with Crippen LogP contribution >= 0.6 is 23.5 Å². The van der Waals surface area contributed by atoms with E-state index in [1.54, 1.807) is 60.7 Å². The second kappa shape index (κ2) is 8.91. The van der Waals surface area contributed by atoms with Gasteiger partial charge in [-0.25, -0.2) is 8.42 Å². The maximum atomic E-state index is 12.0. The van der Waals surface area contributed by atoms with Gasteiger partial charge in [0.25, 0.3) is 0 Å². The van der Waals surface area contributed by atoms with Crippen LogP contribution in [-0.4, -0.2) is 8.42 Å². The SMILES string of the molecule is O=S(=O)(c1ccccc1)c1ccccc1.c1ccc2c(c1)Sc1ccccc1S2. The Kier molecular flexibility index (Phi) is 6.09. The lowest BCUT2D eigenvalue weighted by atomic mass is 10.3. The Morgan fingerprint density at radius 1 is 0.414 bits per heavy atom. The number of fused-ring (bicyclic) bond motifs is 2. The first-order valence-corrected chi connectivity index (χ1v) is 12.2. The topological polar surface area (TPSA) is 34.1 Å². The molecular weight excluding hydrogens is 416 g/mol. The molecule has 29 heavy (non-hydrogen) atoms. The molecule has 0 radical (unpaired) electrons. The largest absolute Gasteiger partial charge is 0.219 e. The van der Waals surface area contributed by atoms with Gasteiger partial charge in [-0.15, -0.1) is 0 Å². The second-order valence-electron chi connectivity index (χ2n) is 6.23. The Balaban J connectivity index is 0.000000141. The summed E-state index contributed by atoms with van der Waals surface area (Å²) in [6.45, 7) is 0. The molecule has 0 amide bonds. The Hall–Kier alpha value is -2.47. The molecule has 0 aromatic heterocycles. The summed E-state index contributed by atoms with van der Waals surface area (Å²) in [5.74, 6) is 0. The highest BCUT2D eigenvalue weighted by atomic mass is 32.2. The van der Waals surface area contributed by atoms with Gasteiger partial charge in [-0.05, 0) is 48.5 Å². The van der Waals surface area contributed by atoms with Crippen LogP contribution in [0.2, 0.25) is 0 Å². The van der Waals surface area contributed by atoms with E-state index in [1.807, 2.05) is 23.5 Å². The van der Waals surface area contributed by atoms with Crippen molar-refractivity contribution < 1.29 is 8.42 Å². The molecule has 5 heteroatoms. The zero-order valence-corrected chi connectivity index (χ0v) is 17.9. The highest BCUT2D eigenvalue weighted by molar-refractivity contribution is 8.05. The third-order valence-corrected chi connectivity index (χ3v) is 8.59. The van der Waals surface area contributed by atoms with E-state index in [4.69, 9.17) is 0 Å². The summed E-state index contributed by atoms with van der Waals surface area (Å²) in [6.07, 6.45) is 0. The van der Waals surface area contributed by atoms with Gasteiger partial charge < -0.3 is 0 Å². The van der Waals surface area contributed by atoms with Gasteiger partial charge in [0.15, 0.2) is 0 Å². The van der Waals surface area contributed by atoms with Crippen molar-refractivity contribution in [2.45, 2.75) is 29.4 Å². The molecule has 0 spiro atoms. The fourth-order valence-electron chi connectivity index (χ4n) is 2.81. The van der Waals surface area contributed by atoms with Gasteiger partial charge in [-0.3, -0.25) is 0 Å². The second-order valence-corrected chi connectivity index (χ2v) is 10.3. The molecule has 1 aliphatic rings. The predicted octanol–water partition coefficient (Wildman–Crippen LogP) is 6.82. The molecule has 4 aromatic carbocycles. The van der Waals surface area contributed by atoms with E-state index in [1.165, 1.54) is 19.6 Å². The van der Waals surface area contributed by atoms with Crippen LogP contribution in [0, 0.1) is 0 Å². The van der Waals surface area contributed by atoms with Gasteiger partial charge in [0, 0.05) is 19.6 Å². The van der Waals surface area contributed by atoms with Crippen molar-refractivity contribution in [1.82, 2.24) is 0 Å². The van der Waals surface area contributed by atoms with Gasteiger partial charge in [0.2, 0.25) is 9.84 Å². The average molecular weight is 435 g/mol. The molecule has 0 bridgehead atoms. The van der Waals surface area contributed by atoms with Crippen LogP contribution < -0.4 is 0 Å². The summed E-state index contributed by atoms with van der Waals surface area (Å²) >= 11 is 3.72. The average Bonchev–Trinajstić information content (AvgIpc) is 2.79. The molecule has 1 aliphatic heterocycles. The first-order valence-electron chi connectivity index (χ1n) is 9.03. The minimum Gasteiger partial charge on any atom is -0.219 e. The van der Waals surface area contributed by atoms with Crippen molar-refractivity contribution in [3.8, 4) is 0 Å². The molecule has 0 N–H and O–H groups in total. The van der Waals surface area contributed by atoms with Crippen LogP contribution in [0.4, 0.5) is 0 Å². The lowest BCUT2D eigenvalue weighted by Gasteiger charge is -2.17. The van der Waals surface area contributed by atoms with Gasteiger partial charge in [0.1, 0.15) is 0 Å². The summed E-state index contributed by atoms with van der Waals surface area (Å²) in [4.78, 5) is 6.15. The van der Waals surface area contributed by atoms with Crippen LogP contribution in [0.1, 0.15) is 0 Å². The van der Waals surface area contributed by atoms with E-state index >= 15 is 0 Å². The van der Waals surface area contributed by atoms with Crippen molar-refractivity contribution >= 4 is 33.4 Å². The molecule has 144 valence electrons. The van der Waals surface area contributed by atoms with Gasteiger partial charge >= 0.3 is 0 Å². The summed E-state index contributed by atoms with van der Waals surface area (Å²) in [5, 5.41) is 0. The van der Waals surface area contributed by atoms with Crippen LogP contribution in [0.15, 0.2) is 139 Å². The lowest BCUT2D eigenvalue weighted by molar-refractivity contribution is 0.596. The van der Waals surface area contributed by atoms with Crippen molar-refractivity contribution in [3.63, 3.8) is 0 Å². The molecule has 0 saturated carbocycles. The van der Waals surface area contributed by atoms with Crippen LogP contribution in [0.25, 0.3) is 0 Å². The molecule has 4 aromatic rings. The van der Waals surface area contributed by atoms with Crippen molar-refractivity contribution in [3.05, 3.63) is 109 Å². The molecule has 2 nitrogen and oxygen atoms in total. The Morgan fingerprint density at radius 3 is 1.00 bits per heavy atom. The quantitative estimate of drug-likeness (QED) is 0.305. The number of hydrogen-bond donors (Lipinski definition) is 0. The maximum Gasteiger partial charge on any atom is 0.206 e. The molecule has 5 rings (SSSR count). The molecule has 1 heterocycles. The number of benzene rings is 4. The summed E-state index contributed by atoms with van der Waals surface area (Å²) in [6, 6.07) is 34.0. The minimum atomic E-state index is -3.34. The van der Waals surface area contributed by atoms with Gasteiger partial charge in [-0.1, -0.05) is 84.2 Å². The van der Waals surface area contributed by atoms with Crippen molar-refractivity contribution in [1.29, 1.82) is 0 Å². The van der Waals surface area contributed by atoms with Crippen molar-refractivity contribution in [2.75, 3.05) is 0 Å². The molecular formula is C24H18O2S3. The summed E-state index contributed by atoms with van der Waals surface area (Å²) in [7, 11) is -3.34. The Morgan fingerprint density at radius 2 is 0.690 bits per heavy atom. The maximum absolute atomic E-state index is 12.0. The molecule has 0 saturated heterocycles. The van der Waals surface area contributed by atoms with Crippen LogP contribution in [0.5, 0.6) is 0 Å². The first-order chi connectivity index (χ1) is 14.1. The van der Waals surface area contributed by atoms with E-state index in [9.17, 15) is 8.42 Å². The molecule has 0 atom stereocenters. The highest BCUT2D eigenvalue weighted by Crippen LogP contribution is 2.47. The fourth-order valence-corrected chi connectivity index (χ4v) is 6.35. The number of rotatable bonds is 2. The zero-order valence-electron chi connectivity index (χ0n) is 15.4. The van der Waals surface area contributed by atoms with E-state index in [2.05, 4.69) is 48.5 Å². The third-order valence-electron chi connectivity index (χ3n) is 4.25. The smallest absolute Gasteiger partial charge is 0.206 e. The standard InChI is InChI=1S/C12H10O2S.C12H8S2/c13-15(14,11-7-3-1-4-8-11)12-9-5-2-6-10-12;1-2-6-10-9(5-1)13-11-7-3-4-8-12(11)14-10/h1-10H;1-8H. The van der Waals surface area contributed by atoms with E-state index in [0.717, 1.165) is 0 Å². The van der Waals surface area contributed by atoms with E-state index in [0.29, 0.717) is 9.79 Å². The minimum absolute atomic E-state index is 0.330. The predicted molar refractivity (Wildman–Crippen MR) is 119 cm³/mol. The normalized spacial score (nSPS) is 12.1.